The summed E-state index contributed by atoms with van der Waals surface area (Å²) in [5.74, 6) is 1.42. The van der Waals surface area contributed by atoms with Gasteiger partial charge in [0.05, 0.1) is 7.11 Å². The third kappa shape index (κ3) is 3.38. The Balaban J connectivity index is 2.31. The van der Waals surface area contributed by atoms with E-state index < -0.39 is 0 Å². The topological polar surface area (TPSA) is 47.0 Å². The van der Waals surface area contributed by atoms with Gasteiger partial charge in [-0.3, -0.25) is 0 Å². The molecule has 4 nitrogen and oxygen atoms in total. The Morgan fingerprint density at radius 3 is 2.84 bits per heavy atom. The van der Waals surface area contributed by atoms with Crippen molar-refractivity contribution in [3.05, 3.63) is 36.2 Å². The van der Waals surface area contributed by atoms with E-state index in [0.29, 0.717) is 5.75 Å². The SMILES string of the molecule is CCNc1ncnc(Sc2cccc(C)c2)c1OC. The molecule has 5 heteroatoms. The first-order chi connectivity index (χ1) is 9.24. The minimum Gasteiger partial charge on any atom is -0.490 e. The zero-order chi connectivity index (χ0) is 13.7. The normalized spacial score (nSPS) is 10.3. The summed E-state index contributed by atoms with van der Waals surface area (Å²) in [6.45, 7) is 4.89. The molecule has 0 saturated heterocycles. The molecule has 0 aliphatic heterocycles. The predicted molar refractivity (Wildman–Crippen MR) is 78.0 cm³/mol. The van der Waals surface area contributed by atoms with Gasteiger partial charge in [-0.05, 0) is 26.0 Å². The average molecular weight is 275 g/mol. The van der Waals surface area contributed by atoms with E-state index in [4.69, 9.17) is 4.74 Å². The Bertz CT molecular complexity index is 560. The van der Waals surface area contributed by atoms with Crippen LogP contribution < -0.4 is 10.1 Å². The smallest absolute Gasteiger partial charge is 0.194 e. The molecule has 100 valence electrons. The van der Waals surface area contributed by atoms with Gasteiger partial charge in [-0.1, -0.05) is 29.5 Å². The lowest BCUT2D eigenvalue weighted by Crippen LogP contribution is -2.03. The Labute approximate surface area is 117 Å². The zero-order valence-electron chi connectivity index (χ0n) is 11.3. The number of benzene rings is 1. The number of aromatic nitrogens is 2. The molecule has 0 aliphatic carbocycles. The summed E-state index contributed by atoms with van der Waals surface area (Å²) in [4.78, 5) is 9.64. The van der Waals surface area contributed by atoms with Gasteiger partial charge < -0.3 is 10.1 Å². The number of nitrogens with one attached hydrogen (secondary N) is 1. The minimum atomic E-state index is 0.691. The standard InChI is InChI=1S/C14H17N3OS/c1-4-15-13-12(18-3)14(17-9-16-13)19-11-7-5-6-10(2)8-11/h5-9H,4H2,1-3H3,(H,15,16,17). The fraction of sp³-hybridized carbons (Fsp3) is 0.286. The van der Waals surface area contributed by atoms with Gasteiger partial charge in [-0.25, -0.2) is 9.97 Å². The van der Waals surface area contributed by atoms with Crippen LogP contribution in [0.3, 0.4) is 0 Å². The lowest BCUT2D eigenvalue weighted by atomic mass is 10.2. The fourth-order valence-corrected chi connectivity index (χ4v) is 2.69. The van der Waals surface area contributed by atoms with Crippen LogP contribution in [0, 0.1) is 6.92 Å². The molecular weight excluding hydrogens is 258 g/mol. The second-order valence-corrected chi connectivity index (χ2v) is 5.07. The van der Waals surface area contributed by atoms with Crippen LogP contribution in [0.2, 0.25) is 0 Å². The predicted octanol–water partition coefficient (Wildman–Crippen LogP) is 3.38. The van der Waals surface area contributed by atoms with Gasteiger partial charge in [0.2, 0.25) is 0 Å². The highest BCUT2D eigenvalue weighted by Gasteiger charge is 2.12. The monoisotopic (exact) mass is 275 g/mol. The first-order valence-corrected chi connectivity index (χ1v) is 6.93. The summed E-state index contributed by atoms with van der Waals surface area (Å²) in [6, 6.07) is 8.30. The molecule has 0 bridgehead atoms. The summed E-state index contributed by atoms with van der Waals surface area (Å²) in [5.41, 5.74) is 1.23. The number of aryl methyl sites for hydroxylation is 1. The van der Waals surface area contributed by atoms with Crippen molar-refractivity contribution in [2.24, 2.45) is 0 Å². The molecule has 2 rings (SSSR count). The molecule has 0 radical (unpaired) electrons. The molecule has 1 aromatic heterocycles. The number of anilines is 1. The van der Waals surface area contributed by atoms with E-state index in [-0.39, 0.29) is 0 Å². The number of ether oxygens (including phenoxy) is 1. The molecule has 0 fully saturated rings. The molecule has 0 amide bonds. The second kappa shape index (κ2) is 6.43. The van der Waals surface area contributed by atoms with Crippen molar-refractivity contribution in [1.29, 1.82) is 0 Å². The molecule has 0 atom stereocenters. The van der Waals surface area contributed by atoms with Gasteiger partial charge in [-0.2, -0.15) is 0 Å². The van der Waals surface area contributed by atoms with Crippen LogP contribution in [0.15, 0.2) is 40.5 Å². The summed E-state index contributed by atoms with van der Waals surface area (Å²) in [6.07, 6.45) is 1.55. The third-order valence-corrected chi connectivity index (χ3v) is 3.50. The van der Waals surface area contributed by atoms with Gasteiger partial charge in [0, 0.05) is 11.4 Å². The zero-order valence-corrected chi connectivity index (χ0v) is 12.1. The lowest BCUT2D eigenvalue weighted by molar-refractivity contribution is 0.400. The molecule has 1 heterocycles. The number of methoxy groups -OCH3 is 1. The first-order valence-electron chi connectivity index (χ1n) is 6.12. The number of rotatable bonds is 5. The number of nitrogens with zero attached hydrogens (tertiary/aromatic N) is 2. The third-order valence-electron chi connectivity index (χ3n) is 2.52. The van der Waals surface area contributed by atoms with Crippen LogP contribution in [0.4, 0.5) is 5.82 Å². The molecule has 0 unspecified atom stereocenters. The highest BCUT2D eigenvalue weighted by atomic mass is 32.2. The number of hydrogen-bond acceptors (Lipinski definition) is 5. The summed E-state index contributed by atoms with van der Waals surface area (Å²) < 4.78 is 5.42. The van der Waals surface area contributed by atoms with Gasteiger partial charge in [0.1, 0.15) is 11.4 Å². The summed E-state index contributed by atoms with van der Waals surface area (Å²) in [5, 5.41) is 3.99. The maximum atomic E-state index is 5.42. The van der Waals surface area contributed by atoms with Crippen LogP contribution in [0.25, 0.3) is 0 Å². The molecule has 0 saturated carbocycles. The molecular formula is C14H17N3OS. The van der Waals surface area contributed by atoms with Crippen LogP contribution in [-0.2, 0) is 0 Å². The molecule has 19 heavy (non-hydrogen) atoms. The molecule has 0 aliphatic rings. The van der Waals surface area contributed by atoms with Crippen molar-refractivity contribution in [2.75, 3.05) is 19.0 Å². The highest BCUT2D eigenvalue weighted by Crippen LogP contribution is 2.36. The van der Waals surface area contributed by atoms with Crippen LogP contribution in [0.5, 0.6) is 5.75 Å². The quantitative estimate of drug-likeness (QED) is 0.848. The van der Waals surface area contributed by atoms with Gasteiger partial charge in [0.15, 0.2) is 11.6 Å². The van der Waals surface area contributed by atoms with Crippen molar-refractivity contribution < 1.29 is 4.74 Å². The average Bonchev–Trinajstić information content (AvgIpc) is 2.39. The van der Waals surface area contributed by atoms with E-state index in [1.165, 1.54) is 5.56 Å². The van der Waals surface area contributed by atoms with Crippen LogP contribution >= 0.6 is 11.8 Å². The molecule has 1 aromatic carbocycles. The Kier molecular flexibility index (Phi) is 4.63. The molecule has 2 aromatic rings. The summed E-state index contributed by atoms with van der Waals surface area (Å²) in [7, 11) is 1.64. The second-order valence-electron chi connectivity index (χ2n) is 4.01. The van der Waals surface area contributed by atoms with Crippen LogP contribution in [0.1, 0.15) is 12.5 Å². The van der Waals surface area contributed by atoms with E-state index in [0.717, 1.165) is 22.3 Å². The van der Waals surface area contributed by atoms with Crippen molar-refractivity contribution in [3.63, 3.8) is 0 Å². The number of hydrogen-bond donors (Lipinski definition) is 1. The van der Waals surface area contributed by atoms with E-state index >= 15 is 0 Å². The largest absolute Gasteiger partial charge is 0.490 e. The highest BCUT2D eigenvalue weighted by molar-refractivity contribution is 7.99. The van der Waals surface area contributed by atoms with E-state index in [1.54, 1.807) is 25.2 Å². The van der Waals surface area contributed by atoms with Crippen molar-refractivity contribution >= 4 is 17.6 Å². The Morgan fingerprint density at radius 2 is 2.16 bits per heavy atom. The van der Waals surface area contributed by atoms with E-state index in [9.17, 15) is 0 Å². The minimum absolute atomic E-state index is 0.691. The van der Waals surface area contributed by atoms with Crippen molar-refractivity contribution in [3.8, 4) is 5.75 Å². The lowest BCUT2D eigenvalue weighted by Gasteiger charge is -2.11. The van der Waals surface area contributed by atoms with Crippen LogP contribution in [-0.4, -0.2) is 23.6 Å². The van der Waals surface area contributed by atoms with Crippen molar-refractivity contribution in [1.82, 2.24) is 9.97 Å². The molecule has 1 N–H and O–H groups in total. The van der Waals surface area contributed by atoms with Gasteiger partial charge >= 0.3 is 0 Å². The molecule has 0 spiro atoms. The van der Waals surface area contributed by atoms with E-state index in [2.05, 4.69) is 40.4 Å². The maximum Gasteiger partial charge on any atom is 0.194 e. The van der Waals surface area contributed by atoms with Gasteiger partial charge in [0.25, 0.3) is 0 Å². The Hall–Kier alpha value is -1.75. The Morgan fingerprint density at radius 1 is 1.32 bits per heavy atom. The fourth-order valence-electron chi connectivity index (χ4n) is 1.70. The first kappa shape index (κ1) is 13.7. The maximum absolute atomic E-state index is 5.42. The van der Waals surface area contributed by atoms with Gasteiger partial charge in [-0.15, -0.1) is 0 Å². The summed E-state index contributed by atoms with van der Waals surface area (Å²) >= 11 is 1.58. The van der Waals surface area contributed by atoms with Crippen molar-refractivity contribution in [2.45, 2.75) is 23.8 Å². The van der Waals surface area contributed by atoms with E-state index in [1.807, 2.05) is 13.0 Å².